The number of alkyl halides is 3. The number of nitro groups is 1. The molecule has 29 heavy (non-hydrogen) atoms. The predicted molar refractivity (Wildman–Crippen MR) is 99.9 cm³/mol. The summed E-state index contributed by atoms with van der Waals surface area (Å²) >= 11 is 0. The Hall–Kier alpha value is -3.88. The Bertz CT molecular complexity index is 1090. The molecule has 0 saturated carbocycles. The van der Waals surface area contributed by atoms with Crippen LogP contribution < -0.4 is 5.32 Å². The molecule has 0 bridgehead atoms. The van der Waals surface area contributed by atoms with E-state index in [1.165, 1.54) is 36.4 Å². The van der Waals surface area contributed by atoms with E-state index in [-0.39, 0.29) is 11.4 Å². The van der Waals surface area contributed by atoms with E-state index >= 15 is 0 Å². The molecule has 0 atom stereocenters. The molecule has 0 unspecified atom stereocenters. The molecule has 9 heteroatoms. The molecule has 0 fully saturated rings. The van der Waals surface area contributed by atoms with Gasteiger partial charge in [-0.25, -0.2) is 0 Å². The number of nitrogens with zero attached hydrogens (tertiary/aromatic N) is 1. The Labute approximate surface area is 162 Å². The van der Waals surface area contributed by atoms with Crippen molar-refractivity contribution in [2.75, 3.05) is 5.32 Å². The lowest BCUT2D eigenvalue weighted by Crippen LogP contribution is -2.10. The third-order valence-electron chi connectivity index (χ3n) is 3.82. The van der Waals surface area contributed by atoms with Crippen LogP contribution in [-0.4, -0.2) is 10.8 Å². The van der Waals surface area contributed by atoms with E-state index in [9.17, 15) is 28.1 Å². The van der Waals surface area contributed by atoms with Crippen molar-refractivity contribution in [3.05, 3.63) is 88.2 Å². The number of non-ortho nitro benzene ring substituents is 1. The van der Waals surface area contributed by atoms with Gasteiger partial charge in [0, 0.05) is 29.5 Å². The number of carbonyl (C=O) groups is 1. The summed E-state index contributed by atoms with van der Waals surface area (Å²) in [5.74, 6) is 0.0231. The van der Waals surface area contributed by atoms with Crippen molar-refractivity contribution in [2.24, 2.45) is 0 Å². The summed E-state index contributed by atoms with van der Waals surface area (Å²) < 4.78 is 43.7. The van der Waals surface area contributed by atoms with Crippen molar-refractivity contribution in [1.82, 2.24) is 0 Å². The van der Waals surface area contributed by atoms with Gasteiger partial charge in [0.25, 0.3) is 5.69 Å². The summed E-state index contributed by atoms with van der Waals surface area (Å²) in [6.45, 7) is 0. The molecule has 3 rings (SSSR count). The highest BCUT2D eigenvalue weighted by molar-refractivity contribution is 6.01. The zero-order valence-corrected chi connectivity index (χ0v) is 14.6. The number of anilines is 1. The van der Waals surface area contributed by atoms with Crippen LogP contribution in [0, 0.1) is 10.1 Å². The molecule has 0 spiro atoms. The molecule has 1 amide bonds. The van der Waals surface area contributed by atoms with Crippen molar-refractivity contribution in [3.8, 4) is 11.3 Å². The first-order chi connectivity index (χ1) is 13.7. The van der Waals surface area contributed by atoms with Crippen LogP contribution in [0.25, 0.3) is 17.4 Å². The first-order valence-corrected chi connectivity index (χ1v) is 8.23. The minimum atomic E-state index is -4.51. The van der Waals surface area contributed by atoms with Gasteiger partial charge in [0.05, 0.1) is 10.5 Å². The number of benzene rings is 2. The topological polar surface area (TPSA) is 85.4 Å². The zero-order valence-electron chi connectivity index (χ0n) is 14.6. The SMILES string of the molecule is O=C(C=Cc1ccc(-c2cccc([N+](=O)[O-])c2)o1)Nc1cccc(C(F)(F)F)c1. The number of halogens is 3. The molecule has 0 aliphatic rings. The second kappa shape index (κ2) is 8.01. The van der Waals surface area contributed by atoms with E-state index in [4.69, 9.17) is 4.42 Å². The van der Waals surface area contributed by atoms with Crippen molar-refractivity contribution in [1.29, 1.82) is 0 Å². The molecule has 0 aliphatic carbocycles. The van der Waals surface area contributed by atoms with Gasteiger partial charge in [-0.15, -0.1) is 0 Å². The largest absolute Gasteiger partial charge is 0.457 e. The lowest BCUT2D eigenvalue weighted by molar-refractivity contribution is -0.384. The zero-order chi connectivity index (χ0) is 21.0. The third kappa shape index (κ3) is 5.10. The van der Waals surface area contributed by atoms with Crippen LogP contribution in [0.2, 0.25) is 0 Å². The maximum atomic E-state index is 12.7. The maximum Gasteiger partial charge on any atom is 0.416 e. The van der Waals surface area contributed by atoms with Gasteiger partial charge >= 0.3 is 6.18 Å². The van der Waals surface area contributed by atoms with Crippen LogP contribution in [-0.2, 0) is 11.0 Å². The maximum absolute atomic E-state index is 12.7. The highest BCUT2D eigenvalue weighted by Crippen LogP contribution is 2.30. The van der Waals surface area contributed by atoms with E-state index in [0.29, 0.717) is 17.1 Å². The van der Waals surface area contributed by atoms with Gasteiger partial charge < -0.3 is 9.73 Å². The molecule has 0 saturated heterocycles. The Morgan fingerprint density at radius 1 is 1.07 bits per heavy atom. The van der Waals surface area contributed by atoms with Gasteiger partial charge in [-0.1, -0.05) is 18.2 Å². The van der Waals surface area contributed by atoms with Crippen LogP contribution in [0.4, 0.5) is 24.5 Å². The number of nitrogens with one attached hydrogen (secondary N) is 1. The summed E-state index contributed by atoms with van der Waals surface area (Å²) in [7, 11) is 0. The fourth-order valence-electron chi connectivity index (χ4n) is 2.49. The molecule has 0 radical (unpaired) electrons. The molecular formula is C20H13F3N2O4. The van der Waals surface area contributed by atoms with Gasteiger partial charge in [0.1, 0.15) is 11.5 Å². The fourth-order valence-corrected chi connectivity index (χ4v) is 2.49. The van der Waals surface area contributed by atoms with Crippen LogP contribution >= 0.6 is 0 Å². The second-order valence-corrected chi connectivity index (χ2v) is 5.91. The average molecular weight is 402 g/mol. The van der Waals surface area contributed by atoms with Gasteiger partial charge in [0.2, 0.25) is 5.91 Å². The van der Waals surface area contributed by atoms with Gasteiger partial charge in [-0.05, 0) is 36.4 Å². The summed E-state index contributed by atoms with van der Waals surface area (Å²) in [6, 6.07) is 13.3. The lowest BCUT2D eigenvalue weighted by Gasteiger charge is -2.08. The Balaban J connectivity index is 1.69. The van der Waals surface area contributed by atoms with Crippen LogP contribution in [0.5, 0.6) is 0 Å². The molecule has 3 aromatic rings. The van der Waals surface area contributed by atoms with Crippen LogP contribution in [0.15, 0.2) is 71.2 Å². The molecule has 1 N–H and O–H groups in total. The summed E-state index contributed by atoms with van der Waals surface area (Å²) in [4.78, 5) is 22.3. The first-order valence-electron chi connectivity index (χ1n) is 8.23. The van der Waals surface area contributed by atoms with Crippen molar-refractivity contribution < 1.29 is 27.3 Å². The predicted octanol–water partition coefficient (Wildman–Crippen LogP) is 5.53. The summed E-state index contributed by atoms with van der Waals surface area (Å²) in [6.07, 6.45) is -2.06. The highest BCUT2D eigenvalue weighted by atomic mass is 19.4. The molecule has 6 nitrogen and oxygen atoms in total. The van der Waals surface area contributed by atoms with Gasteiger partial charge in [-0.2, -0.15) is 13.2 Å². The van der Waals surface area contributed by atoms with Crippen molar-refractivity contribution >= 4 is 23.4 Å². The lowest BCUT2D eigenvalue weighted by atomic mass is 10.1. The van der Waals surface area contributed by atoms with E-state index < -0.39 is 22.6 Å². The van der Waals surface area contributed by atoms with Gasteiger partial charge in [0.15, 0.2) is 0 Å². The fraction of sp³-hybridized carbons (Fsp3) is 0.0500. The molecular weight excluding hydrogens is 389 g/mol. The number of nitro benzene ring substituents is 1. The van der Waals surface area contributed by atoms with E-state index in [2.05, 4.69) is 5.32 Å². The van der Waals surface area contributed by atoms with E-state index in [1.807, 2.05) is 0 Å². The molecule has 1 aromatic heterocycles. The van der Waals surface area contributed by atoms with Gasteiger partial charge in [-0.3, -0.25) is 14.9 Å². The van der Waals surface area contributed by atoms with Crippen molar-refractivity contribution in [2.45, 2.75) is 6.18 Å². The second-order valence-electron chi connectivity index (χ2n) is 5.91. The number of hydrogen-bond acceptors (Lipinski definition) is 4. The monoisotopic (exact) mass is 402 g/mol. The highest BCUT2D eigenvalue weighted by Gasteiger charge is 2.30. The molecule has 1 heterocycles. The average Bonchev–Trinajstić information content (AvgIpc) is 3.15. The Morgan fingerprint density at radius 2 is 1.83 bits per heavy atom. The smallest absolute Gasteiger partial charge is 0.416 e. The third-order valence-corrected chi connectivity index (χ3v) is 3.82. The number of rotatable bonds is 5. The first kappa shape index (κ1) is 19.9. The minimum absolute atomic E-state index is 0.00574. The standard InChI is InChI=1S/C20H13F3N2O4/c21-20(22,23)14-4-2-5-15(12-14)24-19(26)10-8-17-7-9-18(29-17)13-3-1-6-16(11-13)25(27)28/h1-12H,(H,24,26). The quantitative estimate of drug-likeness (QED) is 0.346. The number of carbonyl (C=O) groups excluding carboxylic acids is 1. The van der Waals surface area contributed by atoms with E-state index in [0.717, 1.165) is 18.2 Å². The van der Waals surface area contributed by atoms with Crippen molar-refractivity contribution in [3.63, 3.8) is 0 Å². The molecule has 0 aliphatic heterocycles. The summed E-state index contributed by atoms with van der Waals surface area (Å²) in [5, 5.41) is 13.2. The Kier molecular flexibility index (Phi) is 5.49. The molecule has 2 aromatic carbocycles. The minimum Gasteiger partial charge on any atom is -0.457 e. The number of furan rings is 1. The normalized spacial score (nSPS) is 11.6. The number of amides is 1. The van der Waals surface area contributed by atoms with Crippen LogP contribution in [0.3, 0.4) is 0 Å². The molecule has 148 valence electrons. The Morgan fingerprint density at radius 3 is 2.55 bits per heavy atom. The van der Waals surface area contributed by atoms with Crippen LogP contribution in [0.1, 0.15) is 11.3 Å². The van der Waals surface area contributed by atoms with E-state index in [1.54, 1.807) is 18.2 Å². The number of hydrogen-bond donors (Lipinski definition) is 1. The summed E-state index contributed by atoms with van der Waals surface area (Å²) in [5.41, 5.74) is -0.457.